The maximum Gasteiger partial charge on any atom is 0.139 e. The van der Waals surface area contributed by atoms with Crippen molar-refractivity contribution in [3.05, 3.63) is 414 Å². The minimum absolute atomic E-state index is 0.0976. The van der Waals surface area contributed by atoms with E-state index in [9.17, 15) is 0 Å². The summed E-state index contributed by atoms with van der Waals surface area (Å²) < 4.78 is 33.0. The van der Waals surface area contributed by atoms with Crippen LogP contribution in [0.3, 0.4) is 0 Å². The van der Waals surface area contributed by atoms with Crippen molar-refractivity contribution in [2.45, 2.75) is 159 Å². The van der Waals surface area contributed by atoms with Gasteiger partial charge in [0.2, 0.25) is 0 Å². The van der Waals surface area contributed by atoms with E-state index in [1.807, 2.05) is 36.4 Å². The van der Waals surface area contributed by atoms with Gasteiger partial charge >= 0.3 is 0 Å². The number of hydrogen-bond acceptors (Lipinski definition) is 6. The van der Waals surface area contributed by atoms with Gasteiger partial charge < -0.3 is 28.6 Å². The highest BCUT2D eigenvalue weighted by Crippen LogP contribution is 2.65. The van der Waals surface area contributed by atoms with Gasteiger partial charge in [-0.1, -0.05) is 305 Å². The molecule has 0 saturated heterocycles. The summed E-state index contributed by atoms with van der Waals surface area (Å²) in [4.78, 5) is 2.38. The summed E-state index contributed by atoms with van der Waals surface area (Å²) in [6.45, 7) is 18.6. The molecule has 680 valence electrons. The third-order valence-electron chi connectivity index (χ3n) is 34.5. The van der Waals surface area contributed by atoms with Crippen molar-refractivity contribution in [1.82, 2.24) is 0 Å². The van der Waals surface area contributed by atoms with Crippen LogP contribution in [0.5, 0.6) is 57.5 Å². The molecule has 4 heterocycles. The van der Waals surface area contributed by atoms with Gasteiger partial charge in [-0.05, 0) is 289 Å². The highest BCUT2D eigenvalue weighted by Gasteiger charge is 2.53. The minimum atomic E-state index is -0.187. The van der Waals surface area contributed by atoms with E-state index in [4.69, 9.17) is 23.7 Å². The molecule has 0 radical (unpaired) electrons. The Balaban J connectivity index is 0.0000000918. The Kier molecular flexibility index (Phi) is 18.4. The lowest BCUT2D eigenvalue weighted by atomic mass is 9.47. The Labute approximate surface area is 817 Å². The Hall–Kier alpha value is -15.0. The summed E-state index contributed by atoms with van der Waals surface area (Å²) >= 11 is 0. The fourth-order valence-electron chi connectivity index (χ4n) is 28.2. The van der Waals surface area contributed by atoms with Crippen LogP contribution in [-0.2, 0) is 27.1 Å². The summed E-state index contributed by atoms with van der Waals surface area (Å²) in [5.41, 5.74) is 16.5. The SMILES string of the molecule is CC1(C)c2ccccc2Oc2c1cc1cc(C34CC5CC(CC(C5)C3)C4)c3cccc4ccc2c1c43.CC1(C)c2ccccc2Oc2c1cc1cc(C3CCCCC3)c3cccc4ccc2c1c43.CC1(C)c2ccccc2Oc2c1cc1cc(N(c3ccccc3)c3ccccc3)c3cccc4ccc2c1c43.CC1(C)c2ccccc2Oc2c1cc1cc(Oc3ccccc3)c3cccc4ccc2c1c43. The second-order valence-corrected chi connectivity index (χ2v) is 44.0. The van der Waals surface area contributed by atoms with Crippen molar-refractivity contribution < 1.29 is 23.7 Å². The van der Waals surface area contributed by atoms with Crippen LogP contribution < -0.4 is 28.6 Å². The van der Waals surface area contributed by atoms with Crippen LogP contribution in [0, 0.1) is 17.8 Å². The van der Waals surface area contributed by atoms with Gasteiger partial charge in [-0.25, -0.2) is 0 Å². The number of para-hydroxylation sites is 7. The molecule has 0 spiro atoms. The molecule has 140 heavy (non-hydrogen) atoms. The maximum atomic E-state index is 6.70. The molecule has 6 nitrogen and oxygen atoms in total. The van der Waals surface area contributed by atoms with Gasteiger partial charge in [0, 0.05) is 137 Å². The molecule has 0 N–H and O–H groups in total. The van der Waals surface area contributed by atoms with Gasteiger partial charge in [0.1, 0.15) is 57.5 Å². The predicted octanol–water partition coefficient (Wildman–Crippen LogP) is 37.8. The first kappa shape index (κ1) is 83.2. The lowest BCUT2D eigenvalue weighted by Gasteiger charge is -2.57. The lowest BCUT2D eigenvalue weighted by molar-refractivity contribution is -0.00444. The molecule has 5 fully saturated rings. The first-order valence-corrected chi connectivity index (χ1v) is 51.1. The highest BCUT2D eigenvalue weighted by atomic mass is 16.5. The van der Waals surface area contributed by atoms with Crippen LogP contribution in [0.4, 0.5) is 17.1 Å². The Morgan fingerprint density at radius 3 is 0.993 bits per heavy atom. The van der Waals surface area contributed by atoms with Crippen molar-refractivity contribution in [1.29, 1.82) is 0 Å². The number of ether oxygens (including phenoxy) is 5. The zero-order valence-electron chi connectivity index (χ0n) is 80.6. The number of hydrogen-bond donors (Lipinski definition) is 0. The zero-order valence-corrected chi connectivity index (χ0v) is 80.6. The van der Waals surface area contributed by atoms with Crippen molar-refractivity contribution in [2.24, 2.45) is 17.8 Å². The maximum absolute atomic E-state index is 6.70. The van der Waals surface area contributed by atoms with E-state index in [2.05, 4.69) is 382 Å². The van der Waals surface area contributed by atoms with E-state index in [0.29, 0.717) is 11.3 Å². The number of benzene rings is 23. The average molecular weight is 1810 g/mol. The highest BCUT2D eigenvalue weighted by molar-refractivity contribution is 6.31. The monoisotopic (exact) mass is 1810 g/mol. The van der Waals surface area contributed by atoms with Crippen molar-refractivity contribution in [3.63, 3.8) is 0 Å². The van der Waals surface area contributed by atoms with Crippen LogP contribution in [0.15, 0.2) is 358 Å². The molecule has 4 aliphatic heterocycles. The first-order chi connectivity index (χ1) is 68.3. The van der Waals surface area contributed by atoms with Gasteiger partial charge in [-0.15, -0.1) is 0 Å². The zero-order chi connectivity index (χ0) is 93.6. The molecule has 5 saturated carbocycles. The first-order valence-electron chi connectivity index (χ1n) is 51.1. The van der Waals surface area contributed by atoms with E-state index in [-0.39, 0.29) is 21.7 Å². The molecule has 5 aliphatic carbocycles. The third kappa shape index (κ3) is 12.6. The summed E-state index contributed by atoms with van der Waals surface area (Å²) in [6.07, 6.45) is 15.4. The summed E-state index contributed by atoms with van der Waals surface area (Å²) in [7, 11) is 0. The number of nitrogens with zero attached hydrogens (tertiary/aromatic N) is 1. The molecule has 32 rings (SSSR count). The molecule has 23 aromatic rings. The van der Waals surface area contributed by atoms with Crippen LogP contribution >= 0.6 is 0 Å². The summed E-state index contributed by atoms with van der Waals surface area (Å²) in [5, 5.41) is 31.1. The van der Waals surface area contributed by atoms with E-state index in [0.717, 1.165) is 97.4 Å². The largest absolute Gasteiger partial charge is 0.457 e. The van der Waals surface area contributed by atoms with Crippen molar-refractivity contribution in [2.75, 3.05) is 4.90 Å². The Morgan fingerprint density at radius 2 is 0.571 bits per heavy atom. The van der Waals surface area contributed by atoms with Crippen LogP contribution in [-0.4, -0.2) is 0 Å². The van der Waals surface area contributed by atoms with Gasteiger partial charge in [-0.3, -0.25) is 0 Å². The lowest BCUT2D eigenvalue weighted by Crippen LogP contribution is -2.48. The predicted molar refractivity (Wildman–Crippen MR) is 582 cm³/mol. The molecule has 23 aromatic carbocycles. The number of fused-ring (bicyclic) bond motifs is 12. The Morgan fingerprint density at radius 1 is 0.250 bits per heavy atom. The quantitative estimate of drug-likeness (QED) is 0.148. The fourth-order valence-corrected chi connectivity index (χ4v) is 28.2. The molecule has 9 aliphatic rings. The smallest absolute Gasteiger partial charge is 0.139 e. The molecule has 0 amide bonds. The third-order valence-corrected chi connectivity index (χ3v) is 34.5. The molecule has 0 aromatic heterocycles. The van der Waals surface area contributed by atoms with E-state index >= 15 is 0 Å². The van der Waals surface area contributed by atoms with Crippen molar-refractivity contribution in [3.8, 4) is 57.5 Å². The average Bonchev–Trinajstić information content (AvgIpc) is 0.692. The minimum Gasteiger partial charge on any atom is -0.457 e. The summed E-state index contributed by atoms with van der Waals surface area (Å²) in [6, 6.07) is 130. The van der Waals surface area contributed by atoms with Gasteiger partial charge in [0.05, 0.1) is 5.69 Å². The molecule has 0 unspecified atom stereocenters. The van der Waals surface area contributed by atoms with Crippen LogP contribution in [0.25, 0.3) is 129 Å². The molecular formula is C134H109NO5. The molecule has 6 heteroatoms. The van der Waals surface area contributed by atoms with E-state index in [1.165, 1.54) is 239 Å². The second kappa shape index (κ2) is 31.0. The van der Waals surface area contributed by atoms with E-state index in [1.54, 1.807) is 11.1 Å². The standard InChI is InChI=1S/C37H27NO.C35H32O.C31H22O2.C31H28O/c1-37(2)30-18-9-10-19-33(30)39-36-29-21-20-24-12-11-17-28-32(23-25(22-31(36)37)35(29)34(24)28)38(26-13-5-3-6-14-26)27-15-7-4-8-16-27;1-34(2)27-8-3-4-9-30(27)36-33-26-11-10-23-6-5-7-25-28(15-24(16-29(33)34)32(26)31(23)25)35-17-20-12-21(18-35)14-22(13-20)19-35;1-31(2)24-13-6-7-14-26(24)33-30-23-16-15-19-9-8-12-22-27(32-21-10-4-3-5-11-21)18-20(17-25(30)31)29(23)28(19)22;1-31(2)25-13-6-7-14-27(25)32-30-23-16-15-20-11-8-12-22-24(19-9-4-3-5-10-19)17-21(18-26(30)31)29(23)28(20)22/h3-23H,1-2H3;3-11,15-16,20-22H,12-14,17-19H2,1-2H3;3-18H,1-2H3;6-8,11-19H,3-5,9-10H2,1-2H3. The Bertz CT molecular complexity index is 8910. The van der Waals surface area contributed by atoms with Gasteiger partial charge in [0.15, 0.2) is 0 Å². The van der Waals surface area contributed by atoms with Crippen LogP contribution in [0.2, 0.25) is 0 Å². The second-order valence-electron chi connectivity index (χ2n) is 44.0. The van der Waals surface area contributed by atoms with Gasteiger partial charge in [-0.2, -0.15) is 0 Å². The normalized spacial score (nSPS) is 18.9. The fraction of sp³-hybridized carbons (Fsp3) is 0.209. The van der Waals surface area contributed by atoms with Gasteiger partial charge in [0.25, 0.3) is 0 Å². The van der Waals surface area contributed by atoms with E-state index < -0.39 is 0 Å². The molecule has 4 bridgehead atoms. The molecular weight excluding hydrogens is 1700 g/mol. The number of anilines is 3. The molecule has 0 atom stereocenters. The summed E-state index contributed by atoms with van der Waals surface area (Å²) in [5.74, 6) is 13.2. The van der Waals surface area contributed by atoms with Crippen molar-refractivity contribution >= 4 is 146 Å². The van der Waals surface area contributed by atoms with Crippen LogP contribution in [0.1, 0.15) is 188 Å². The number of rotatable bonds is 7. The topological polar surface area (TPSA) is 49.4 Å².